The predicted molar refractivity (Wildman–Crippen MR) is 52.6 cm³/mol. The minimum absolute atomic E-state index is 0.197. The second-order valence-electron chi connectivity index (χ2n) is 2.84. The number of rotatable bonds is 6. The van der Waals surface area contributed by atoms with E-state index in [1.807, 2.05) is 0 Å². The summed E-state index contributed by atoms with van der Waals surface area (Å²) >= 11 is 0. The van der Waals surface area contributed by atoms with Gasteiger partial charge in [-0.15, -0.1) is 0 Å². The van der Waals surface area contributed by atoms with Crippen molar-refractivity contribution in [2.24, 2.45) is 0 Å². The molecular formula is C10H15NO3. The summed E-state index contributed by atoms with van der Waals surface area (Å²) < 4.78 is 0. The van der Waals surface area contributed by atoms with E-state index in [1.165, 1.54) is 0 Å². The standard InChI is InChI=1S/C10H15NO3/c1-2-6-9(12)11-8-5-3-4-7-10(13)14/h3-5,7-8H2,1H3,(H,11,12)(H,13,14). The Morgan fingerprint density at radius 3 is 2.57 bits per heavy atom. The molecule has 2 N–H and O–H groups in total. The summed E-state index contributed by atoms with van der Waals surface area (Å²) in [6.07, 6.45) is 2.46. The highest BCUT2D eigenvalue weighted by molar-refractivity contribution is 5.93. The van der Waals surface area contributed by atoms with E-state index in [1.54, 1.807) is 6.92 Å². The van der Waals surface area contributed by atoms with Gasteiger partial charge in [-0.25, -0.2) is 0 Å². The van der Waals surface area contributed by atoms with Gasteiger partial charge in [0.1, 0.15) is 0 Å². The zero-order valence-corrected chi connectivity index (χ0v) is 8.30. The molecule has 0 aromatic heterocycles. The number of hydrogen-bond donors (Lipinski definition) is 2. The molecule has 0 atom stereocenters. The number of unbranched alkanes of at least 4 members (excludes halogenated alkanes) is 2. The second kappa shape index (κ2) is 8.11. The predicted octanol–water partition coefficient (Wildman–Crippen LogP) is 0.771. The summed E-state index contributed by atoms with van der Waals surface area (Å²) in [5.41, 5.74) is 0. The smallest absolute Gasteiger partial charge is 0.303 e. The van der Waals surface area contributed by atoms with Crippen LogP contribution < -0.4 is 5.32 Å². The van der Waals surface area contributed by atoms with Crippen molar-refractivity contribution in [3.05, 3.63) is 0 Å². The average molecular weight is 197 g/mol. The van der Waals surface area contributed by atoms with Crippen molar-refractivity contribution in [3.8, 4) is 11.8 Å². The normalized spacial score (nSPS) is 8.64. The third-order valence-corrected chi connectivity index (χ3v) is 1.59. The molecule has 0 spiro atoms. The van der Waals surface area contributed by atoms with Gasteiger partial charge in [0.15, 0.2) is 0 Å². The van der Waals surface area contributed by atoms with Crippen molar-refractivity contribution >= 4 is 11.9 Å². The molecular weight excluding hydrogens is 182 g/mol. The van der Waals surface area contributed by atoms with Crippen LogP contribution in [-0.2, 0) is 9.59 Å². The largest absolute Gasteiger partial charge is 0.481 e. The number of carboxylic acid groups (broad SMARTS) is 1. The van der Waals surface area contributed by atoms with E-state index in [0.717, 1.165) is 12.8 Å². The molecule has 0 unspecified atom stereocenters. The second-order valence-corrected chi connectivity index (χ2v) is 2.84. The first-order valence-electron chi connectivity index (χ1n) is 4.59. The van der Waals surface area contributed by atoms with Crippen LogP contribution in [0.15, 0.2) is 0 Å². The Bertz CT molecular complexity index is 250. The summed E-state index contributed by atoms with van der Waals surface area (Å²) in [5, 5.41) is 11.0. The van der Waals surface area contributed by atoms with E-state index >= 15 is 0 Å². The Balaban J connectivity index is 3.24. The monoisotopic (exact) mass is 197 g/mol. The lowest BCUT2D eigenvalue weighted by atomic mass is 10.2. The molecule has 0 fully saturated rings. The Morgan fingerprint density at radius 2 is 2.00 bits per heavy atom. The van der Waals surface area contributed by atoms with E-state index in [0.29, 0.717) is 13.0 Å². The van der Waals surface area contributed by atoms with Gasteiger partial charge in [-0.2, -0.15) is 0 Å². The van der Waals surface area contributed by atoms with Crippen LogP contribution in [0.25, 0.3) is 0 Å². The number of carbonyl (C=O) groups excluding carboxylic acids is 1. The van der Waals surface area contributed by atoms with Crippen LogP contribution in [0.5, 0.6) is 0 Å². The van der Waals surface area contributed by atoms with E-state index in [4.69, 9.17) is 5.11 Å². The van der Waals surface area contributed by atoms with Gasteiger partial charge in [0.2, 0.25) is 0 Å². The molecule has 14 heavy (non-hydrogen) atoms. The third-order valence-electron chi connectivity index (χ3n) is 1.59. The number of carbonyl (C=O) groups is 2. The van der Waals surface area contributed by atoms with Gasteiger partial charge in [-0.05, 0) is 25.7 Å². The minimum atomic E-state index is -0.772. The fraction of sp³-hybridized carbons (Fsp3) is 0.600. The lowest BCUT2D eigenvalue weighted by Crippen LogP contribution is -2.22. The van der Waals surface area contributed by atoms with Gasteiger partial charge in [0.05, 0.1) is 0 Å². The van der Waals surface area contributed by atoms with Crippen molar-refractivity contribution in [2.45, 2.75) is 32.6 Å². The maximum absolute atomic E-state index is 10.8. The fourth-order valence-electron chi connectivity index (χ4n) is 0.938. The summed E-state index contributed by atoms with van der Waals surface area (Å²) in [6, 6.07) is 0. The molecule has 0 saturated heterocycles. The van der Waals surface area contributed by atoms with Crippen LogP contribution in [0, 0.1) is 11.8 Å². The SMILES string of the molecule is CC#CC(=O)NCCCCCC(=O)O. The van der Waals surface area contributed by atoms with Crippen molar-refractivity contribution in [1.29, 1.82) is 0 Å². The molecule has 1 amide bonds. The highest BCUT2D eigenvalue weighted by Gasteiger charge is 1.97. The van der Waals surface area contributed by atoms with Crippen LogP contribution in [-0.4, -0.2) is 23.5 Å². The summed E-state index contributed by atoms with van der Waals surface area (Å²) in [4.78, 5) is 20.9. The molecule has 0 saturated carbocycles. The first kappa shape index (κ1) is 12.5. The first-order chi connectivity index (χ1) is 6.66. The maximum atomic E-state index is 10.8. The molecule has 0 aromatic carbocycles. The molecule has 0 aliphatic heterocycles. The van der Waals surface area contributed by atoms with Crippen molar-refractivity contribution in [1.82, 2.24) is 5.32 Å². The molecule has 0 heterocycles. The van der Waals surface area contributed by atoms with Gasteiger partial charge in [0.25, 0.3) is 5.91 Å². The quantitative estimate of drug-likeness (QED) is 0.488. The van der Waals surface area contributed by atoms with Gasteiger partial charge < -0.3 is 10.4 Å². The number of hydrogen-bond acceptors (Lipinski definition) is 2. The van der Waals surface area contributed by atoms with Gasteiger partial charge in [-0.1, -0.05) is 12.3 Å². The Kier molecular flexibility index (Phi) is 7.24. The minimum Gasteiger partial charge on any atom is -0.481 e. The van der Waals surface area contributed by atoms with Crippen LogP contribution >= 0.6 is 0 Å². The molecule has 0 aliphatic carbocycles. The van der Waals surface area contributed by atoms with Crippen LogP contribution in [0.1, 0.15) is 32.6 Å². The number of nitrogens with one attached hydrogen (secondary N) is 1. The number of amides is 1. The highest BCUT2D eigenvalue weighted by Crippen LogP contribution is 1.98. The average Bonchev–Trinajstić information content (AvgIpc) is 2.11. The third kappa shape index (κ3) is 8.60. The van der Waals surface area contributed by atoms with E-state index in [2.05, 4.69) is 17.2 Å². The van der Waals surface area contributed by atoms with Crippen LogP contribution in [0.4, 0.5) is 0 Å². The summed E-state index contributed by atoms with van der Waals surface area (Å²) in [6.45, 7) is 2.17. The molecule has 4 heteroatoms. The maximum Gasteiger partial charge on any atom is 0.303 e. The van der Waals surface area contributed by atoms with E-state index < -0.39 is 5.97 Å². The molecule has 0 bridgehead atoms. The summed E-state index contributed by atoms with van der Waals surface area (Å²) in [7, 11) is 0. The zero-order valence-electron chi connectivity index (χ0n) is 8.30. The van der Waals surface area contributed by atoms with Gasteiger partial charge in [0, 0.05) is 13.0 Å². The van der Waals surface area contributed by atoms with Crippen molar-refractivity contribution < 1.29 is 14.7 Å². The molecule has 4 nitrogen and oxygen atoms in total. The molecule has 0 radical (unpaired) electrons. The Labute approximate surface area is 83.7 Å². The molecule has 0 rings (SSSR count). The molecule has 0 aliphatic rings. The van der Waals surface area contributed by atoms with Crippen LogP contribution in [0.2, 0.25) is 0 Å². The first-order valence-corrected chi connectivity index (χ1v) is 4.59. The van der Waals surface area contributed by atoms with Crippen molar-refractivity contribution in [3.63, 3.8) is 0 Å². The molecule has 78 valence electrons. The number of aliphatic carboxylic acids is 1. The number of carboxylic acids is 1. The summed E-state index contributed by atoms with van der Waals surface area (Å²) in [5.74, 6) is 3.81. The Morgan fingerprint density at radius 1 is 1.29 bits per heavy atom. The highest BCUT2D eigenvalue weighted by atomic mass is 16.4. The van der Waals surface area contributed by atoms with Gasteiger partial charge in [-0.3, -0.25) is 9.59 Å². The zero-order chi connectivity index (χ0) is 10.8. The Hall–Kier alpha value is -1.50. The lowest BCUT2D eigenvalue weighted by Gasteiger charge is -1.99. The van der Waals surface area contributed by atoms with Crippen LogP contribution in [0.3, 0.4) is 0 Å². The van der Waals surface area contributed by atoms with E-state index in [9.17, 15) is 9.59 Å². The lowest BCUT2D eigenvalue weighted by molar-refractivity contribution is -0.137. The topological polar surface area (TPSA) is 66.4 Å². The molecule has 0 aromatic rings. The van der Waals surface area contributed by atoms with Gasteiger partial charge >= 0.3 is 5.97 Å². The van der Waals surface area contributed by atoms with Crippen molar-refractivity contribution in [2.75, 3.05) is 6.54 Å². The van der Waals surface area contributed by atoms with E-state index in [-0.39, 0.29) is 12.3 Å². The fourth-order valence-corrected chi connectivity index (χ4v) is 0.938.